The predicted molar refractivity (Wildman–Crippen MR) is 69.0 cm³/mol. The lowest BCUT2D eigenvalue weighted by Gasteiger charge is -2.33. The Balaban J connectivity index is 1.96. The SMILES string of the molecule is CN1CCC(O)(c2ccccc2C2CCC2)C1. The van der Waals surface area contributed by atoms with Gasteiger partial charge in [-0.05, 0) is 43.4 Å². The van der Waals surface area contributed by atoms with E-state index in [0.717, 1.165) is 19.5 Å². The molecule has 2 aliphatic rings. The highest BCUT2D eigenvalue weighted by Gasteiger charge is 2.39. The first-order chi connectivity index (χ1) is 8.19. The topological polar surface area (TPSA) is 23.5 Å². The van der Waals surface area contributed by atoms with E-state index >= 15 is 0 Å². The van der Waals surface area contributed by atoms with E-state index in [-0.39, 0.29) is 0 Å². The van der Waals surface area contributed by atoms with Crippen LogP contribution < -0.4 is 0 Å². The molecule has 1 saturated heterocycles. The number of hydrogen-bond donors (Lipinski definition) is 1. The molecule has 1 aliphatic heterocycles. The molecule has 2 heteroatoms. The van der Waals surface area contributed by atoms with Gasteiger partial charge in [0.2, 0.25) is 0 Å². The van der Waals surface area contributed by atoms with Crippen molar-refractivity contribution in [2.75, 3.05) is 20.1 Å². The summed E-state index contributed by atoms with van der Waals surface area (Å²) in [5.41, 5.74) is 1.98. The van der Waals surface area contributed by atoms with Crippen LogP contribution in [-0.2, 0) is 5.60 Å². The van der Waals surface area contributed by atoms with E-state index in [4.69, 9.17) is 0 Å². The van der Waals surface area contributed by atoms with Crippen LogP contribution in [0.3, 0.4) is 0 Å². The van der Waals surface area contributed by atoms with Crippen LogP contribution in [0, 0.1) is 0 Å². The molecule has 1 aromatic carbocycles. The van der Waals surface area contributed by atoms with Gasteiger partial charge in [0.25, 0.3) is 0 Å². The van der Waals surface area contributed by atoms with Crippen molar-refractivity contribution < 1.29 is 5.11 Å². The third kappa shape index (κ3) is 1.90. The van der Waals surface area contributed by atoms with Crippen molar-refractivity contribution in [1.29, 1.82) is 0 Å². The lowest BCUT2D eigenvalue weighted by molar-refractivity contribution is 0.0471. The van der Waals surface area contributed by atoms with Crippen LogP contribution in [0.5, 0.6) is 0 Å². The van der Waals surface area contributed by atoms with Crippen LogP contribution in [0.4, 0.5) is 0 Å². The summed E-state index contributed by atoms with van der Waals surface area (Å²) in [6.45, 7) is 1.77. The fourth-order valence-electron chi connectivity index (χ4n) is 3.20. The predicted octanol–water partition coefficient (Wildman–Crippen LogP) is 2.48. The van der Waals surface area contributed by atoms with Crippen LogP contribution >= 0.6 is 0 Å². The molecule has 0 spiro atoms. The zero-order chi connectivity index (χ0) is 11.9. The molecule has 92 valence electrons. The fraction of sp³-hybridized carbons (Fsp3) is 0.600. The van der Waals surface area contributed by atoms with E-state index in [1.54, 1.807) is 0 Å². The van der Waals surface area contributed by atoms with Gasteiger partial charge in [0, 0.05) is 13.1 Å². The van der Waals surface area contributed by atoms with Gasteiger partial charge in [0.05, 0.1) is 0 Å². The maximum Gasteiger partial charge on any atom is 0.104 e. The third-order valence-corrected chi connectivity index (χ3v) is 4.45. The highest BCUT2D eigenvalue weighted by atomic mass is 16.3. The molecule has 1 N–H and O–H groups in total. The van der Waals surface area contributed by atoms with Crippen LogP contribution in [0.1, 0.15) is 42.7 Å². The Morgan fingerprint density at radius 1 is 1.29 bits per heavy atom. The zero-order valence-corrected chi connectivity index (χ0v) is 10.5. The van der Waals surface area contributed by atoms with Crippen LogP contribution in [-0.4, -0.2) is 30.1 Å². The summed E-state index contributed by atoms with van der Waals surface area (Å²) in [6.07, 6.45) is 4.80. The zero-order valence-electron chi connectivity index (χ0n) is 10.5. The quantitative estimate of drug-likeness (QED) is 0.845. The normalized spacial score (nSPS) is 30.5. The van der Waals surface area contributed by atoms with Gasteiger partial charge in [-0.25, -0.2) is 0 Å². The van der Waals surface area contributed by atoms with Crippen molar-refractivity contribution in [3.05, 3.63) is 35.4 Å². The van der Waals surface area contributed by atoms with E-state index in [1.807, 2.05) is 0 Å². The number of likely N-dealkylation sites (tertiary alicyclic amines) is 1. The minimum atomic E-state index is -0.610. The van der Waals surface area contributed by atoms with Gasteiger partial charge in [-0.2, -0.15) is 0 Å². The summed E-state index contributed by atoms with van der Waals surface area (Å²) in [5, 5.41) is 10.8. The second kappa shape index (κ2) is 4.11. The number of aliphatic hydroxyl groups is 1. The van der Waals surface area contributed by atoms with Crippen molar-refractivity contribution in [2.45, 2.75) is 37.2 Å². The smallest absolute Gasteiger partial charge is 0.104 e. The van der Waals surface area contributed by atoms with Gasteiger partial charge in [-0.3, -0.25) is 0 Å². The van der Waals surface area contributed by atoms with Crippen molar-refractivity contribution in [3.8, 4) is 0 Å². The Morgan fingerprint density at radius 2 is 2.06 bits per heavy atom. The van der Waals surface area contributed by atoms with E-state index in [0.29, 0.717) is 5.92 Å². The van der Waals surface area contributed by atoms with Gasteiger partial charge in [0.15, 0.2) is 0 Å². The molecular weight excluding hydrogens is 210 g/mol. The molecule has 1 aromatic rings. The summed E-state index contributed by atoms with van der Waals surface area (Å²) in [4.78, 5) is 2.22. The van der Waals surface area contributed by atoms with Gasteiger partial charge in [0.1, 0.15) is 5.60 Å². The minimum absolute atomic E-state index is 0.610. The van der Waals surface area contributed by atoms with E-state index in [1.165, 1.54) is 30.4 Å². The summed E-state index contributed by atoms with van der Waals surface area (Å²) in [6, 6.07) is 8.52. The van der Waals surface area contributed by atoms with Crippen molar-refractivity contribution in [2.24, 2.45) is 0 Å². The van der Waals surface area contributed by atoms with E-state index in [2.05, 4.69) is 36.2 Å². The summed E-state index contributed by atoms with van der Waals surface area (Å²) >= 11 is 0. The van der Waals surface area contributed by atoms with Crippen molar-refractivity contribution >= 4 is 0 Å². The molecule has 1 heterocycles. The second-order valence-corrected chi connectivity index (χ2v) is 5.73. The van der Waals surface area contributed by atoms with Gasteiger partial charge < -0.3 is 10.0 Å². The molecule has 1 saturated carbocycles. The monoisotopic (exact) mass is 231 g/mol. The molecule has 17 heavy (non-hydrogen) atoms. The molecule has 0 radical (unpaired) electrons. The molecule has 1 atom stereocenters. The largest absolute Gasteiger partial charge is 0.384 e. The van der Waals surface area contributed by atoms with E-state index in [9.17, 15) is 5.11 Å². The Bertz CT molecular complexity index is 413. The fourth-order valence-corrected chi connectivity index (χ4v) is 3.20. The molecule has 3 rings (SSSR count). The summed E-state index contributed by atoms with van der Waals surface area (Å²) < 4.78 is 0. The summed E-state index contributed by atoms with van der Waals surface area (Å²) in [5.74, 6) is 0.695. The lowest BCUT2D eigenvalue weighted by atomic mass is 9.75. The molecule has 0 amide bonds. The van der Waals surface area contributed by atoms with E-state index < -0.39 is 5.60 Å². The van der Waals surface area contributed by atoms with Crippen molar-refractivity contribution in [3.63, 3.8) is 0 Å². The molecule has 1 unspecified atom stereocenters. The maximum atomic E-state index is 10.8. The third-order valence-electron chi connectivity index (χ3n) is 4.45. The van der Waals surface area contributed by atoms with Crippen LogP contribution in [0.15, 0.2) is 24.3 Å². The number of β-amino-alcohol motifs (C(OH)–C–C–N with tert-alkyl or cyclic N) is 1. The van der Waals surface area contributed by atoms with Crippen molar-refractivity contribution in [1.82, 2.24) is 4.90 Å². The highest BCUT2D eigenvalue weighted by Crippen LogP contribution is 2.42. The molecule has 1 aliphatic carbocycles. The van der Waals surface area contributed by atoms with Crippen LogP contribution in [0.25, 0.3) is 0 Å². The first-order valence-electron chi connectivity index (χ1n) is 6.69. The summed E-state index contributed by atoms with van der Waals surface area (Å²) in [7, 11) is 2.09. The minimum Gasteiger partial charge on any atom is -0.384 e. The average molecular weight is 231 g/mol. The van der Waals surface area contributed by atoms with Gasteiger partial charge in [-0.15, -0.1) is 0 Å². The molecule has 2 fully saturated rings. The average Bonchev–Trinajstić information content (AvgIpc) is 2.58. The molecule has 2 nitrogen and oxygen atoms in total. The van der Waals surface area contributed by atoms with Crippen LogP contribution in [0.2, 0.25) is 0 Å². The number of likely N-dealkylation sites (N-methyl/N-ethyl adjacent to an activating group) is 1. The number of benzene rings is 1. The Hall–Kier alpha value is -0.860. The Kier molecular flexibility index (Phi) is 2.72. The molecule has 0 bridgehead atoms. The number of rotatable bonds is 2. The van der Waals surface area contributed by atoms with Gasteiger partial charge >= 0.3 is 0 Å². The Morgan fingerprint density at radius 3 is 2.65 bits per heavy atom. The first kappa shape index (κ1) is 11.2. The number of hydrogen-bond acceptors (Lipinski definition) is 2. The molecular formula is C15H21NO. The standard InChI is InChI=1S/C15H21NO/c1-16-10-9-15(17,11-16)14-8-3-2-7-13(14)12-5-4-6-12/h2-3,7-8,12,17H,4-6,9-11H2,1H3. The first-order valence-corrected chi connectivity index (χ1v) is 6.69. The Labute approximate surface area is 103 Å². The highest BCUT2D eigenvalue weighted by molar-refractivity contribution is 5.37. The molecule has 0 aromatic heterocycles. The second-order valence-electron chi connectivity index (χ2n) is 5.73. The number of nitrogens with zero attached hydrogens (tertiary/aromatic N) is 1. The maximum absolute atomic E-state index is 10.8. The lowest BCUT2D eigenvalue weighted by Crippen LogP contribution is -2.31. The van der Waals surface area contributed by atoms with Gasteiger partial charge in [-0.1, -0.05) is 30.7 Å².